The molecule has 0 radical (unpaired) electrons. The number of hydrogen-bond donors (Lipinski definition) is 0. The van der Waals surface area contributed by atoms with Crippen molar-refractivity contribution in [3.8, 4) is 0 Å². The topological polar surface area (TPSA) is 55.4 Å². The van der Waals surface area contributed by atoms with Crippen LogP contribution in [-0.4, -0.2) is 69.5 Å². The van der Waals surface area contributed by atoms with Crippen molar-refractivity contribution in [3.63, 3.8) is 0 Å². The van der Waals surface area contributed by atoms with Crippen LogP contribution in [0.2, 0.25) is 18.1 Å². The lowest BCUT2D eigenvalue weighted by molar-refractivity contribution is -0.271. The monoisotopic (exact) mass is 464 g/mol. The van der Waals surface area contributed by atoms with Gasteiger partial charge in [0, 0.05) is 12.8 Å². The third-order valence-corrected chi connectivity index (χ3v) is 13.1. The maximum atomic E-state index is 7.06. The van der Waals surface area contributed by atoms with E-state index in [1.54, 1.807) is 0 Å². The summed E-state index contributed by atoms with van der Waals surface area (Å²) in [6.07, 6.45) is 5.64. The smallest absolute Gasteiger partial charge is 0.192 e. The largest absolute Gasteiger partial charge is 0.409 e. The second kappa shape index (κ2) is 8.91. The molecule has 0 unspecified atom stereocenters. The molecule has 6 fully saturated rings. The highest BCUT2D eigenvalue weighted by Gasteiger charge is 2.68. The van der Waals surface area contributed by atoms with Crippen LogP contribution in [0.15, 0.2) is 24.8 Å². The summed E-state index contributed by atoms with van der Waals surface area (Å²) in [5, 5.41) is 0. The van der Waals surface area contributed by atoms with Gasteiger partial charge in [-0.3, -0.25) is 0 Å². The van der Waals surface area contributed by atoms with Crippen LogP contribution in [0.1, 0.15) is 52.9 Å². The summed E-state index contributed by atoms with van der Waals surface area (Å²) in [6, 6.07) is 3.28. The Balaban J connectivity index is 1.41. The molecule has 0 N–H and O–H groups in total. The molecular weight excluding hydrogens is 424 g/mol. The van der Waals surface area contributed by atoms with Gasteiger partial charge in [0.1, 0.15) is 30.5 Å². The van der Waals surface area contributed by atoms with E-state index >= 15 is 0 Å². The summed E-state index contributed by atoms with van der Waals surface area (Å²) in [6.45, 7) is 15.5. The molecule has 0 aromatic carbocycles. The molecule has 6 saturated heterocycles. The summed E-state index contributed by atoms with van der Waals surface area (Å²) in [5.74, 6) is -0.639. The predicted octanol–water partition coefficient (Wildman–Crippen LogP) is 4.50. The number of ether oxygens (including phenoxy) is 5. The Morgan fingerprint density at radius 2 is 1.78 bits per heavy atom. The molecule has 0 aromatic rings. The third kappa shape index (κ3) is 3.88. The highest BCUT2D eigenvalue weighted by atomic mass is 28.4. The zero-order valence-electron chi connectivity index (χ0n) is 19.9. The SMILES string of the molecule is C=CC[C@@H]1O[C@@H]2[C@H]3O[C@@H]4C[C@](CC[C@H]5CC(=C)CO5)(O[C@H]3[C@H]1O[Si](CC)(CC)CC)O[C@H]24. The fourth-order valence-electron chi connectivity index (χ4n) is 6.47. The minimum absolute atomic E-state index is 0.0307. The van der Waals surface area contributed by atoms with Gasteiger partial charge in [-0.25, -0.2) is 0 Å². The first-order valence-electron chi connectivity index (χ1n) is 12.7. The fraction of sp³-hybridized carbons (Fsp3) is 0.840. The summed E-state index contributed by atoms with van der Waals surface area (Å²) in [4.78, 5) is 0. The minimum atomic E-state index is -1.88. The zero-order chi connectivity index (χ0) is 22.5. The standard InChI is InChI=1S/C25H40O6Si/c1-6-10-18-21(31-32(7-2,8-3)9-4)24-23-22(27-18)20-19(28-23)14-25(29-20,30-24)12-11-17-13-16(5)15-26-17/h6,17-24H,1,5,7-15H2,2-4H3/t17-,18-,19+,20-,21-,22-,23+,24-,25-/m0/s1. The second-order valence-corrected chi connectivity index (χ2v) is 15.1. The van der Waals surface area contributed by atoms with E-state index in [4.69, 9.17) is 28.1 Å². The normalized spacial score (nSPS) is 44.9. The van der Waals surface area contributed by atoms with Gasteiger partial charge in [-0.2, -0.15) is 0 Å². The van der Waals surface area contributed by atoms with Crippen LogP contribution in [0.5, 0.6) is 0 Å². The molecular formula is C25H40O6Si. The van der Waals surface area contributed by atoms with E-state index in [2.05, 4.69) is 33.9 Å². The molecule has 9 atom stereocenters. The number of rotatable bonds is 10. The van der Waals surface area contributed by atoms with Crippen LogP contribution in [0.25, 0.3) is 0 Å². The minimum Gasteiger partial charge on any atom is -0.409 e. The molecule has 6 rings (SSSR count). The van der Waals surface area contributed by atoms with Crippen molar-refractivity contribution in [1.29, 1.82) is 0 Å². The molecule has 0 saturated carbocycles. The van der Waals surface area contributed by atoms with Gasteiger partial charge in [0.2, 0.25) is 0 Å². The average molecular weight is 465 g/mol. The average Bonchev–Trinajstić information content (AvgIpc) is 3.40. The Morgan fingerprint density at radius 1 is 1.06 bits per heavy atom. The molecule has 7 heteroatoms. The first-order chi connectivity index (χ1) is 15.4. The van der Waals surface area contributed by atoms with Crippen molar-refractivity contribution in [2.45, 2.75) is 126 Å². The first kappa shape index (κ1) is 23.2. The number of hydrogen-bond acceptors (Lipinski definition) is 6. The van der Waals surface area contributed by atoms with E-state index in [0.29, 0.717) is 6.61 Å². The van der Waals surface area contributed by atoms with E-state index in [1.165, 1.54) is 5.57 Å². The predicted molar refractivity (Wildman–Crippen MR) is 124 cm³/mol. The van der Waals surface area contributed by atoms with Crippen molar-refractivity contribution < 1.29 is 28.1 Å². The van der Waals surface area contributed by atoms with E-state index in [1.807, 2.05) is 6.08 Å². The first-order valence-corrected chi connectivity index (χ1v) is 15.2. The Labute approximate surface area is 193 Å². The Hall–Kier alpha value is -0.543. The van der Waals surface area contributed by atoms with Crippen LogP contribution < -0.4 is 0 Å². The van der Waals surface area contributed by atoms with E-state index in [9.17, 15) is 0 Å². The van der Waals surface area contributed by atoms with Gasteiger partial charge in [0.05, 0.1) is 24.9 Å². The maximum absolute atomic E-state index is 7.06. The van der Waals surface area contributed by atoms with Crippen molar-refractivity contribution in [1.82, 2.24) is 0 Å². The van der Waals surface area contributed by atoms with Crippen LogP contribution in [0.4, 0.5) is 0 Å². The highest BCUT2D eigenvalue weighted by Crippen LogP contribution is 2.53. The van der Waals surface area contributed by atoms with Crippen LogP contribution >= 0.6 is 0 Å². The van der Waals surface area contributed by atoms with Gasteiger partial charge < -0.3 is 28.1 Å². The Kier molecular flexibility index (Phi) is 6.46. The molecule has 0 amide bonds. The summed E-state index contributed by atoms with van der Waals surface area (Å²) >= 11 is 0. The lowest BCUT2D eigenvalue weighted by Crippen LogP contribution is -2.62. The molecule has 6 aliphatic heterocycles. The van der Waals surface area contributed by atoms with Crippen LogP contribution in [-0.2, 0) is 28.1 Å². The van der Waals surface area contributed by atoms with Crippen LogP contribution in [0, 0.1) is 0 Å². The molecule has 6 nitrogen and oxygen atoms in total. The van der Waals surface area contributed by atoms with Gasteiger partial charge in [-0.05, 0) is 43.0 Å². The molecule has 180 valence electrons. The highest BCUT2D eigenvalue weighted by molar-refractivity contribution is 6.73. The van der Waals surface area contributed by atoms with Crippen molar-refractivity contribution in [3.05, 3.63) is 24.8 Å². The van der Waals surface area contributed by atoms with E-state index in [-0.39, 0.29) is 48.8 Å². The molecule has 0 aliphatic carbocycles. The zero-order valence-corrected chi connectivity index (χ0v) is 20.9. The second-order valence-electron chi connectivity index (χ2n) is 10.3. The Bertz CT molecular complexity index is 717. The Morgan fingerprint density at radius 3 is 2.44 bits per heavy atom. The van der Waals surface area contributed by atoms with Crippen molar-refractivity contribution in [2.75, 3.05) is 6.61 Å². The summed E-state index contributed by atoms with van der Waals surface area (Å²) in [5.41, 5.74) is 1.18. The lowest BCUT2D eigenvalue weighted by Gasteiger charge is -2.47. The van der Waals surface area contributed by atoms with Gasteiger partial charge in [0.25, 0.3) is 0 Å². The molecule has 6 aliphatic rings. The van der Waals surface area contributed by atoms with Crippen molar-refractivity contribution in [2.24, 2.45) is 0 Å². The fourth-order valence-corrected chi connectivity index (χ4v) is 9.33. The molecule has 0 aromatic heterocycles. The van der Waals surface area contributed by atoms with Gasteiger partial charge >= 0.3 is 0 Å². The van der Waals surface area contributed by atoms with E-state index in [0.717, 1.165) is 50.2 Å². The van der Waals surface area contributed by atoms with Gasteiger partial charge in [0.15, 0.2) is 14.1 Å². The quantitative estimate of drug-likeness (QED) is 0.351. The lowest BCUT2D eigenvalue weighted by atomic mass is 9.90. The maximum Gasteiger partial charge on any atom is 0.192 e. The molecule has 32 heavy (non-hydrogen) atoms. The third-order valence-electron chi connectivity index (χ3n) is 8.51. The van der Waals surface area contributed by atoms with Gasteiger partial charge in [-0.1, -0.05) is 33.4 Å². The van der Waals surface area contributed by atoms with Crippen LogP contribution in [0.3, 0.4) is 0 Å². The van der Waals surface area contributed by atoms with Crippen molar-refractivity contribution >= 4 is 8.32 Å². The van der Waals surface area contributed by atoms with Gasteiger partial charge in [-0.15, -0.1) is 6.58 Å². The molecule has 6 heterocycles. The van der Waals surface area contributed by atoms with E-state index < -0.39 is 14.1 Å². The summed E-state index contributed by atoms with van der Waals surface area (Å²) < 4.78 is 39.7. The summed E-state index contributed by atoms with van der Waals surface area (Å²) in [7, 11) is -1.88. The molecule has 0 spiro atoms. The molecule has 6 bridgehead atoms.